The predicted octanol–water partition coefficient (Wildman–Crippen LogP) is 7.94. The van der Waals surface area contributed by atoms with E-state index in [2.05, 4.69) is 26.0 Å². The summed E-state index contributed by atoms with van der Waals surface area (Å²) < 4.78 is 6.21. The van der Waals surface area contributed by atoms with Gasteiger partial charge in [-0.25, -0.2) is 0 Å². The van der Waals surface area contributed by atoms with E-state index in [9.17, 15) is 42.1 Å². The molecule has 0 unspecified atom stereocenters. The van der Waals surface area contributed by atoms with Crippen LogP contribution in [0.4, 0.5) is 0 Å². The van der Waals surface area contributed by atoms with Crippen molar-refractivity contribution in [2.45, 2.75) is 25.2 Å². The topological polar surface area (TPSA) is 200 Å². The molecule has 0 bridgehead atoms. The van der Waals surface area contributed by atoms with Gasteiger partial charge in [0.2, 0.25) is 0 Å². The van der Waals surface area contributed by atoms with Crippen molar-refractivity contribution >= 4 is 0 Å². The lowest BCUT2D eigenvalue weighted by atomic mass is 9.74. The molecule has 0 N–H and O–H groups in total. The Kier molecular flexibility index (Phi) is 8.21. The molecule has 0 aromatic heterocycles. The lowest BCUT2D eigenvalue weighted by Gasteiger charge is -2.34. The lowest BCUT2D eigenvalue weighted by Crippen LogP contribution is -2.24. The highest BCUT2D eigenvalue weighted by Crippen LogP contribution is 2.49. The van der Waals surface area contributed by atoms with Crippen molar-refractivity contribution in [3.8, 4) is 71.2 Å². The molecule has 1 heterocycles. The van der Waals surface area contributed by atoms with Crippen LogP contribution in [0.15, 0.2) is 78.9 Å². The van der Waals surface area contributed by atoms with Gasteiger partial charge in [0.25, 0.3) is 0 Å². The van der Waals surface area contributed by atoms with Crippen LogP contribution in [0, 0.1) is 90.6 Å². The third-order valence-corrected chi connectivity index (χ3v) is 9.13. The fourth-order valence-corrected chi connectivity index (χ4v) is 6.82. The summed E-state index contributed by atoms with van der Waals surface area (Å²) in [5.41, 5.74) is 2.56. The van der Waals surface area contributed by atoms with E-state index in [-0.39, 0.29) is 61.2 Å². The van der Waals surface area contributed by atoms with Crippen LogP contribution in [0.2, 0.25) is 0 Å². The third-order valence-electron chi connectivity index (χ3n) is 9.13. The molecule has 0 amide bonds. The molecular formula is C42H20N8O. The first kappa shape index (κ1) is 32.7. The molecule has 51 heavy (non-hydrogen) atoms. The molecular weight excluding hydrogens is 633 g/mol. The van der Waals surface area contributed by atoms with Crippen LogP contribution in [-0.4, -0.2) is 0 Å². The van der Waals surface area contributed by atoms with E-state index in [4.69, 9.17) is 4.74 Å². The van der Waals surface area contributed by atoms with Gasteiger partial charge in [0, 0.05) is 28.0 Å². The molecule has 6 rings (SSSR count). The van der Waals surface area contributed by atoms with Crippen molar-refractivity contribution < 1.29 is 4.74 Å². The molecule has 1 aliphatic rings. The van der Waals surface area contributed by atoms with Crippen molar-refractivity contribution in [1.82, 2.24) is 0 Å². The molecule has 1 aliphatic heterocycles. The Balaban J connectivity index is 1.67. The van der Waals surface area contributed by atoms with E-state index in [1.54, 1.807) is 12.1 Å². The zero-order valence-corrected chi connectivity index (χ0v) is 27.1. The van der Waals surface area contributed by atoms with Gasteiger partial charge in [0.1, 0.15) is 11.5 Å². The second kappa shape index (κ2) is 12.8. The van der Waals surface area contributed by atoms with E-state index in [0.717, 1.165) is 16.9 Å². The highest BCUT2D eigenvalue weighted by atomic mass is 16.5. The van der Waals surface area contributed by atoms with Crippen molar-refractivity contribution in [2.75, 3.05) is 0 Å². The van der Waals surface area contributed by atoms with Crippen molar-refractivity contribution in [2.24, 2.45) is 0 Å². The van der Waals surface area contributed by atoms with Crippen molar-refractivity contribution in [3.63, 3.8) is 0 Å². The number of ether oxygens (including phenoxy) is 1. The van der Waals surface area contributed by atoms with Crippen LogP contribution in [0.1, 0.15) is 92.1 Å². The zero-order chi connectivity index (χ0) is 36.4. The predicted molar refractivity (Wildman–Crippen MR) is 182 cm³/mol. The van der Waals surface area contributed by atoms with E-state index >= 15 is 0 Å². The smallest absolute Gasteiger partial charge is 0.131 e. The maximum absolute atomic E-state index is 10.6. The van der Waals surface area contributed by atoms with Crippen LogP contribution in [-0.2, 0) is 5.41 Å². The first-order valence-corrected chi connectivity index (χ1v) is 15.3. The van der Waals surface area contributed by atoms with Crippen LogP contribution in [0.3, 0.4) is 0 Å². The summed E-state index contributed by atoms with van der Waals surface area (Å²) in [5.74, 6) is 0.153. The van der Waals surface area contributed by atoms with Gasteiger partial charge in [-0.15, -0.1) is 0 Å². The minimum absolute atomic E-state index is 0.0409. The van der Waals surface area contributed by atoms with Crippen LogP contribution in [0.5, 0.6) is 11.5 Å². The number of hydrogen-bond donors (Lipinski definition) is 0. The standard InChI is InChI=1S/C42H20N8O/c1-42(2)34-5-3-4-6-36(34)51-37-8-7-26(15-35(37)42)38-32(22-49)13-27(14-33(38)23-50)41(39-28(18-45)9-24(16-43)10-29(39)19-46)40-30(20-47)11-25(17-44)12-31(40)21-48/h3-15,41H,1-2H3. The number of fused-ring (bicyclic) bond motifs is 2. The number of hydrogen-bond acceptors (Lipinski definition) is 9. The molecule has 5 aromatic carbocycles. The Morgan fingerprint density at radius 2 is 0.941 bits per heavy atom. The molecule has 9 nitrogen and oxygen atoms in total. The zero-order valence-electron chi connectivity index (χ0n) is 27.1. The van der Waals surface area contributed by atoms with Gasteiger partial charge in [0.15, 0.2) is 0 Å². The minimum Gasteiger partial charge on any atom is -0.457 e. The van der Waals surface area contributed by atoms with Gasteiger partial charge in [-0.2, -0.15) is 42.1 Å². The monoisotopic (exact) mass is 652 g/mol. The summed E-state index contributed by atoms with van der Waals surface area (Å²) in [6.45, 7) is 4.13. The highest BCUT2D eigenvalue weighted by Gasteiger charge is 2.35. The summed E-state index contributed by atoms with van der Waals surface area (Å²) in [4.78, 5) is 0. The molecule has 9 heteroatoms. The van der Waals surface area contributed by atoms with Gasteiger partial charge in [-0.05, 0) is 76.9 Å². The van der Waals surface area contributed by atoms with E-state index in [1.165, 1.54) is 36.4 Å². The van der Waals surface area contributed by atoms with Gasteiger partial charge < -0.3 is 4.74 Å². The second-order valence-electron chi connectivity index (χ2n) is 12.2. The SMILES string of the molecule is CC1(C)c2ccccc2Oc2ccc(-c3c(C#N)cc(C(c4c(C#N)cc(C#N)cc4C#N)c4c(C#N)cc(C#N)cc4C#N)cc3C#N)cc21. The maximum Gasteiger partial charge on any atom is 0.131 e. The van der Waals surface area contributed by atoms with Crippen molar-refractivity contribution in [1.29, 1.82) is 42.1 Å². The molecule has 0 aliphatic carbocycles. The summed E-state index contributed by atoms with van der Waals surface area (Å²) >= 11 is 0. The largest absolute Gasteiger partial charge is 0.457 e. The van der Waals surface area contributed by atoms with E-state index < -0.39 is 11.3 Å². The number of nitriles is 8. The first-order chi connectivity index (χ1) is 24.7. The molecule has 5 aromatic rings. The Bertz CT molecular complexity index is 2500. The Morgan fingerprint density at radius 3 is 1.39 bits per heavy atom. The Hall–Kier alpha value is -8.18. The van der Waals surface area contributed by atoms with Gasteiger partial charge in [-0.1, -0.05) is 38.1 Å². The minimum atomic E-state index is -1.22. The quantitative estimate of drug-likeness (QED) is 0.173. The van der Waals surface area contributed by atoms with Crippen LogP contribution in [0.25, 0.3) is 11.1 Å². The molecule has 0 atom stereocenters. The molecule has 0 saturated carbocycles. The summed E-state index contributed by atoms with van der Waals surface area (Å²) in [6, 6.07) is 37.8. The summed E-state index contributed by atoms with van der Waals surface area (Å²) in [5, 5.41) is 81.5. The molecule has 234 valence electrons. The number of para-hydroxylation sites is 1. The summed E-state index contributed by atoms with van der Waals surface area (Å²) in [7, 11) is 0. The number of rotatable bonds is 4. The summed E-state index contributed by atoms with van der Waals surface area (Å²) in [6.07, 6.45) is 0. The number of nitrogens with zero attached hydrogens (tertiary/aromatic N) is 8. The van der Waals surface area contributed by atoms with Crippen molar-refractivity contribution in [3.05, 3.63) is 151 Å². The Labute approximate surface area is 293 Å². The molecule has 0 radical (unpaired) electrons. The maximum atomic E-state index is 10.6. The molecule has 0 fully saturated rings. The first-order valence-electron chi connectivity index (χ1n) is 15.3. The van der Waals surface area contributed by atoms with E-state index in [1.807, 2.05) is 66.7 Å². The van der Waals surface area contributed by atoms with Crippen LogP contribution >= 0.6 is 0 Å². The number of benzene rings is 5. The average molecular weight is 653 g/mol. The second-order valence-corrected chi connectivity index (χ2v) is 12.2. The molecule has 0 saturated heterocycles. The fraction of sp³-hybridized carbons (Fsp3) is 0.0952. The average Bonchev–Trinajstić information content (AvgIpc) is 3.17. The van der Waals surface area contributed by atoms with Gasteiger partial charge >= 0.3 is 0 Å². The molecule has 0 spiro atoms. The Morgan fingerprint density at radius 1 is 0.490 bits per heavy atom. The highest BCUT2D eigenvalue weighted by molar-refractivity contribution is 5.80. The van der Waals surface area contributed by atoms with Gasteiger partial charge in [-0.3, -0.25) is 0 Å². The lowest BCUT2D eigenvalue weighted by molar-refractivity contribution is 0.418. The fourth-order valence-electron chi connectivity index (χ4n) is 6.82. The normalized spacial score (nSPS) is 11.7. The third kappa shape index (κ3) is 5.30. The van der Waals surface area contributed by atoms with Crippen LogP contribution < -0.4 is 4.74 Å². The van der Waals surface area contributed by atoms with Gasteiger partial charge in [0.05, 0.1) is 93.1 Å². The van der Waals surface area contributed by atoms with E-state index in [0.29, 0.717) is 16.9 Å².